The van der Waals surface area contributed by atoms with Crippen molar-refractivity contribution in [2.75, 3.05) is 44.4 Å². The Balaban J connectivity index is 1.81. The molecule has 3 rings (SSSR count). The lowest BCUT2D eigenvalue weighted by Gasteiger charge is -2.38. The highest BCUT2D eigenvalue weighted by molar-refractivity contribution is 7.90. The molecule has 0 spiro atoms. The van der Waals surface area contributed by atoms with E-state index < -0.39 is 15.8 Å². The summed E-state index contributed by atoms with van der Waals surface area (Å²) in [6.07, 6.45) is 5.84. The predicted molar refractivity (Wildman–Crippen MR) is 96.9 cm³/mol. The zero-order valence-corrected chi connectivity index (χ0v) is 15.7. The summed E-state index contributed by atoms with van der Waals surface area (Å²) < 4.78 is 29.2. The molecule has 2 saturated heterocycles. The van der Waals surface area contributed by atoms with Gasteiger partial charge in [0.15, 0.2) is 9.84 Å². The van der Waals surface area contributed by atoms with E-state index in [1.54, 1.807) is 12.1 Å². The van der Waals surface area contributed by atoms with Gasteiger partial charge in [0.2, 0.25) is 0 Å². The lowest BCUT2D eigenvalue weighted by Crippen LogP contribution is -2.44. The van der Waals surface area contributed by atoms with Crippen LogP contribution in [0.25, 0.3) is 0 Å². The Labute approximate surface area is 149 Å². The maximum absolute atomic E-state index is 12.2. The van der Waals surface area contributed by atoms with Crippen molar-refractivity contribution in [3.63, 3.8) is 0 Å². The molecule has 2 aliphatic rings. The van der Waals surface area contributed by atoms with E-state index in [2.05, 4.69) is 9.80 Å². The highest BCUT2D eigenvalue weighted by atomic mass is 32.2. The summed E-state index contributed by atoms with van der Waals surface area (Å²) in [5.41, 5.74) is 0.952. The topological polar surface area (TPSA) is 66.9 Å². The van der Waals surface area contributed by atoms with Crippen LogP contribution in [0.4, 0.5) is 5.69 Å². The molecule has 6 nitrogen and oxygen atoms in total. The van der Waals surface area contributed by atoms with E-state index in [-0.39, 0.29) is 10.5 Å². The minimum atomic E-state index is -3.44. The van der Waals surface area contributed by atoms with Crippen LogP contribution in [0.2, 0.25) is 0 Å². The summed E-state index contributed by atoms with van der Waals surface area (Å²) in [4.78, 5) is 16.6. The van der Waals surface area contributed by atoms with E-state index in [0.717, 1.165) is 25.9 Å². The molecule has 0 saturated carbocycles. The number of carbonyl (C=O) groups is 1. The molecule has 25 heavy (non-hydrogen) atoms. The quantitative estimate of drug-likeness (QED) is 0.759. The van der Waals surface area contributed by atoms with Crippen LogP contribution in [0, 0.1) is 0 Å². The molecular weight excluding hydrogens is 340 g/mol. The third kappa shape index (κ3) is 3.98. The number of hydrogen-bond donors (Lipinski definition) is 0. The molecule has 1 aromatic carbocycles. The van der Waals surface area contributed by atoms with E-state index in [9.17, 15) is 13.2 Å². The zero-order valence-electron chi connectivity index (χ0n) is 14.9. The second-order valence-corrected chi connectivity index (χ2v) is 8.89. The second-order valence-electron chi connectivity index (χ2n) is 6.91. The largest absolute Gasteiger partial charge is 0.465 e. The molecule has 2 aliphatic heterocycles. The molecule has 2 heterocycles. The van der Waals surface area contributed by atoms with E-state index in [0.29, 0.717) is 11.7 Å². The Hall–Kier alpha value is -1.60. The minimum absolute atomic E-state index is 0.204. The van der Waals surface area contributed by atoms with Crippen LogP contribution in [0.3, 0.4) is 0 Å². The number of benzene rings is 1. The summed E-state index contributed by atoms with van der Waals surface area (Å²) in [5, 5.41) is 0. The third-order valence-corrected chi connectivity index (χ3v) is 6.37. The van der Waals surface area contributed by atoms with Crippen molar-refractivity contribution in [3.8, 4) is 0 Å². The number of hydrogen-bond acceptors (Lipinski definition) is 6. The van der Waals surface area contributed by atoms with Gasteiger partial charge in [-0.05, 0) is 57.0 Å². The molecule has 7 heteroatoms. The molecule has 0 aromatic heterocycles. The first-order chi connectivity index (χ1) is 11.9. The van der Waals surface area contributed by atoms with Crippen molar-refractivity contribution in [3.05, 3.63) is 23.8 Å². The van der Waals surface area contributed by atoms with Crippen LogP contribution in [-0.4, -0.2) is 64.9 Å². The normalized spacial score (nSPS) is 20.0. The van der Waals surface area contributed by atoms with Crippen LogP contribution in [0.5, 0.6) is 0 Å². The van der Waals surface area contributed by atoms with Gasteiger partial charge in [0, 0.05) is 25.4 Å². The van der Waals surface area contributed by atoms with Crippen LogP contribution in [-0.2, 0) is 14.6 Å². The van der Waals surface area contributed by atoms with Gasteiger partial charge >= 0.3 is 5.97 Å². The lowest BCUT2D eigenvalue weighted by molar-refractivity contribution is 0.0600. The van der Waals surface area contributed by atoms with Gasteiger partial charge in [-0.25, -0.2) is 13.2 Å². The van der Waals surface area contributed by atoms with Gasteiger partial charge in [0.1, 0.15) is 0 Å². The molecule has 0 unspecified atom stereocenters. The van der Waals surface area contributed by atoms with E-state index in [1.807, 2.05) is 0 Å². The monoisotopic (exact) mass is 366 g/mol. The standard InChI is InChI=1S/C18H26N2O4S/c1-24-18(21)14-5-6-16(17(13-14)25(2,22)23)20-11-7-15(8-12-20)19-9-3-4-10-19/h5-6,13,15H,3-4,7-12H2,1-2H3. The van der Waals surface area contributed by atoms with Gasteiger partial charge < -0.3 is 14.5 Å². The number of likely N-dealkylation sites (tertiary alicyclic amines) is 1. The predicted octanol–water partition coefficient (Wildman–Crippen LogP) is 1.94. The molecule has 0 atom stereocenters. The van der Waals surface area contributed by atoms with Gasteiger partial charge in [0.25, 0.3) is 0 Å². The van der Waals surface area contributed by atoms with Crippen molar-refractivity contribution >= 4 is 21.5 Å². The van der Waals surface area contributed by atoms with Crippen molar-refractivity contribution in [1.82, 2.24) is 4.90 Å². The molecule has 0 amide bonds. The number of piperidine rings is 1. The molecule has 138 valence electrons. The Kier molecular flexibility index (Phi) is 5.34. The average Bonchev–Trinajstić information content (AvgIpc) is 3.14. The second kappa shape index (κ2) is 7.33. The summed E-state index contributed by atoms with van der Waals surface area (Å²) in [7, 11) is -2.14. The maximum Gasteiger partial charge on any atom is 0.337 e. The fourth-order valence-corrected chi connectivity index (χ4v) is 4.81. The van der Waals surface area contributed by atoms with Crippen molar-refractivity contribution < 1.29 is 17.9 Å². The van der Waals surface area contributed by atoms with Gasteiger partial charge in [-0.3, -0.25) is 0 Å². The molecule has 2 fully saturated rings. The Morgan fingerprint density at radius 1 is 1.12 bits per heavy atom. The SMILES string of the molecule is COC(=O)c1ccc(N2CCC(N3CCCC3)CC2)c(S(C)(=O)=O)c1. The minimum Gasteiger partial charge on any atom is -0.465 e. The fourth-order valence-electron chi connectivity index (χ4n) is 3.90. The third-order valence-electron chi connectivity index (χ3n) is 5.24. The average molecular weight is 366 g/mol. The first-order valence-electron chi connectivity index (χ1n) is 8.81. The highest BCUT2D eigenvalue weighted by Crippen LogP contribution is 2.31. The fraction of sp³-hybridized carbons (Fsp3) is 0.611. The zero-order chi connectivity index (χ0) is 18.0. The smallest absolute Gasteiger partial charge is 0.337 e. The Morgan fingerprint density at radius 2 is 1.76 bits per heavy atom. The Morgan fingerprint density at radius 3 is 2.32 bits per heavy atom. The molecule has 0 bridgehead atoms. The van der Waals surface area contributed by atoms with Crippen molar-refractivity contribution in [2.24, 2.45) is 0 Å². The summed E-state index contributed by atoms with van der Waals surface area (Å²) in [6, 6.07) is 5.42. The van der Waals surface area contributed by atoms with Crippen LogP contribution in [0.1, 0.15) is 36.0 Å². The molecule has 1 aromatic rings. The number of anilines is 1. The van der Waals surface area contributed by atoms with E-state index >= 15 is 0 Å². The summed E-state index contributed by atoms with van der Waals surface area (Å²) >= 11 is 0. The van der Waals surface area contributed by atoms with E-state index in [1.165, 1.54) is 45.4 Å². The number of carbonyl (C=O) groups excluding carboxylic acids is 1. The molecular formula is C18H26N2O4S. The summed E-state index contributed by atoms with van der Waals surface area (Å²) in [6.45, 7) is 4.04. The van der Waals surface area contributed by atoms with Crippen LogP contribution in [0.15, 0.2) is 23.1 Å². The van der Waals surface area contributed by atoms with Gasteiger partial charge in [-0.1, -0.05) is 0 Å². The molecule has 0 radical (unpaired) electrons. The number of ether oxygens (including phenoxy) is 1. The maximum atomic E-state index is 12.2. The van der Waals surface area contributed by atoms with Gasteiger partial charge in [-0.15, -0.1) is 0 Å². The van der Waals surface area contributed by atoms with Gasteiger partial charge in [-0.2, -0.15) is 0 Å². The number of nitrogens with zero attached hydrogens (tertiary/aromatic N) is 2. The number of esters is 1. The van der Waals surface area contributed by atoms with Crippen molar-refractivity contribution in [2.45, 2.75) is 36.6 Å². The number of rotatable bonds is 4. The Bertz CT molecular complexity index is 733. The highest BCUT2D eigenvalue weighted by Gasteiger charge is 2.28. The lowest BCUT2D eigenvalue weighted by atomic mass is 10.0. The molecule has 0 aliphatic carbocycles. The number of methoxy groups -OCH3 is 1. The van der Waals surface area contributed by atoms with Crippen molar-refractivity contribution in [1.29, 1.82) is 0 Å². The van der Waals surface area contributed by atoms with Crippen LogP contribution < -0.4 is 4.90 Å². The van der Waals surface area contributed by atoms with Crippen LogP contribution >= 0.6 is 0 Å². The summed E-state index contributed by atoms with van der Waals surface area (Å²) in [5.74, 6) is -0.524. The molecule has 0 N–H and O–H groups in total. The van der Waals surface area contributed by atoms with E-state index in [4.69, 9.17) is 4.74 Å². The number of sulfone groups is 1. The van der Waals surface area contributed by atoms with Gasteiger partial charge in [0.05, 0.1) is 23.3 Å². The first-order valence-corrected chi connectivity index (χ1v) is 10.7. The first kappa shape index (κ1) is 18.2.